The molecule has 1 N–H and O–H groups in total. The SMILES string of the molecule is C[C@@H](NC(=O)CCSc1ccccc1)C(=O)N1CCOCC1. The molecule has 1 aliphatic rings. The highest BCUT2D eigenvalue weighted by Gasteiger charge is 2.23. The van der Waals surface area contributed by atoms with Crippen LogP contribution in [0.2, 0.25) is 0 Å². The molecular weight excluding hydrogens is 300 g/mol. The van der Waals surface area contributed by atoms with E-state index in [0.717, 1.165) is 4.90 Å². The highest BCUT2D eigenvalue weighted by atomic mass is 32.2. The van der Waals surface area contributed by atoms with Crippen LogP contribution in [0.25, 0.3) is 0 Å². The van der Waals surface area contributed by atoms with Gasteiger partial charge in [0.1, 0.15) is 6.04 Å². The van der Waals surface area contributed by atoms with Crippen molar-refractivity contribution in [1.82, 2.24) is 10.2 Å². The number of amides is 2. The Labute approximate surface area is 135 Å². The molecule has 1 aromatic carbocycles. The van der Waals surface area contributed by atoms with Crippen molar-refractivity contribution in [1.29, 1.82) is 0 Å². The molecule has 1 aromatic rings. The first-order valence-corrected chi connectivity index (χ1v) is 8.49. The minimum atomic E-state index is -0.479. The number of morpholine rings is 1. The van der Waals surface area contributed by atoms with E-state index in [-0.39, 0.29) is 11.8 Å². The van der Waals surface area contributed by atoms with E-state index in [1.54, 1.807) is 23.6 Å². The predicted octanol–water partition coefficient (Wildman–Crippen LogP) is 1.53. The molecule has 0 aromatic heterocycles. The fourth-order valence-corrected chi connectivity index (χ4v) is 3.08. The molecule has 2 rings (SSSR count). The molecular formula is C16H22N2O3S. The van der Waals surface area contributed by atoms with Crippen LogP contribution < -0.4 is 5.32 Å². The van der Waals surface area contributed by atoms with Gasteiger partial charge in [-0.2, -0.15) is 0 Å². The molecule has 1 fully saturated rings. The van der Waals surface area contributed by atoms with Gasteiger partial charge in [-0.05, 0) is 19.1 Å². The zero-order chi connectivity index (χ0) is 15.8. The quantitative estimate of drug-likeness (QED) is 0.807. The van der Waals surface area contributed by atoms with Crippen LogP contribution >= 0.6 is 11.8 Å². The number of hydrogen-bond donors (Lipinski definition) is 1. The van der Waals surface area contributed by atoms with E-state index in [9.17, 15) is 9.59 Å². The van der Waals surface area contributed by atoms with Gasteiger partial charge < -0.3 is 15.0 Å². The summed E-state index contributed by atoms with van der Waals surface area (Å²) in [6.45, 7) is 4.08. The number of benzene rings is 1. The average molecular weight is 322 g/mol. The van der Waals surface area contributed by atoms with Crippen LogP contribution in [0, 0.1) is 0 Å². The zero-order valence-corrected chi connectivity index (χ0v) is 13.6. The average Bonchev–Trinajstić information content (AvgIpc) is 2.56. The van der Waals surface area contributed by atoms with Gasteiger partial charge in [-0.1, -0.05) is 18.2 Å². The van der Waals surface area contributed by atoms with Gasteiger partial charge in [0, 0.05) is 30.2 Å². The Morgan fingerprint density at radius 1 is 1.27 bits per heavy atom. The summed E-state index contributed by atoms with van der Waals surface area (Å²) < 4.78 is 5.22. The lowest BCUT2D eigenvalue weighted by Crippen LogP contribution is -2.50. The molecule has 6 heteroatoms. The summed E-state index contributed by atoms with van der Waals surface area (Å²) in [6, 6.07) is 9.49. The van der Waals surface area contributed by atoms with Gasteiger partial charge in [-0.15, -0.1) is 11.8 Å². The number of rotatable bonds is 6. The largest absolute Gasteiger partial charge is 0.378 e. The summed E-state index contributed by atoms with van der Waals surface area (Å²) in [5.74, 6) is 0.582. The second kappa shape index (κ2) is 8.80. The summed E-state index contributed by atoms with van der Waals surface area (Å²) in [4.78, 5) is 27.0. The Bertz CT molecular complexity index is 489. The second-order valence-electron chi connectivity index (χ2n) is 5.14. The molecule has 120 valence electrons. The lowest BCUT2D eigenvalue weighted by molar-refractivity contribution is -0.139. The smallest absolute Gasteiger partial charge is 0.245 e. The number of hydrogen-bond acceptors (Lipinski definition) is 4. The molecule has 1 aliphatic heterocycles. The van der Waals surface area contributed by atoms with Crippen molar-refractivity contribution < 1.29 is 14.3 Å². The van der Waals surface area contributed by atoms with E-state index in [2.05, 4.69) is 5.32 Å². The lowest BCUT2D eigenvalue weighted by atomic mass is 10.2. The van der Waals surface area contributed by atoms with Crippen molar-refractivity contribution in [3.8, 4) is 0 Å². The highest BCUT2D eigenvalue weighted by Crippen LogP contribution is 2.17. The van der Waals surface area contributed by atoms with Crippen molar-refractivity contribution in [3.05, 3.63) is 30.3 Å². The Kier molecular flexibility index (Phi) is 6.74. The number of thioether (sulfide) groups is 1. The van der Waals surface area contributed by atoms with E-state index in [4.69, 9.17) is 4.74 Å². The maximum atomic E-state index is 12.2. The summed E-state index contributed by atoms with van der Waals surface area (Å²) in [6.07, 6.45) is 0.403. The molecule has 1 saturated heterocycles. The van der Waals surface area contributed by atoms with Gasteiger partial charge in [0.15, 0.2) is 0 Å². The van der Waals surface area contributed by atoms with Gasteiger partial charge in [0.25, 0.3) is 0 Å². The molecule has 0 unspecified atom stereocenters. The number of ether oxygens (including phenoxy) is 1. The Morgan fingerprint density at radius 2 is 1.95 bits per heavy atom. The number of carbonyl (C=O) groups is 2. The van der Waals surface area contributed by atoms with Crippen LogP contribution in [0.15, 0.2) is 35.2 Å². The van der Waals surface area contributed by atoms with Crippen molar-refractivity contribution in [2.45, 2.75) is 24.3 Å². The van der Waals surface area contributed by atoms with Gasteiger partial charge in [-0.25, -0.2) is 0 Å². The standard InChI is InChI=1S/C16H22N2O3S/c1-13(16(20)18-8-10-21-11-9-18)17-15(19)7-12-22-14-5-3-2-4-6-14/h2-6,13H,7-12H2,1H3,(H,17,19)/t13-/m1/s1. The summed E-state index contributed by atoms with van der Waals surface area (Å²) in [5, 5.41) is 2.78. The highest BCUT2D eigenvalue weighted by molar-refractivity contribution is 7.99. The molecule has 1 heterocycles. The van der Waals surface area contributed by atoms with E-state index in [0.29, 0.717) is 38.5 Å². The third kappa shape index (κ3) is 5.35. The van der Waals surface area contributed by atoms with E-state index in [1.165, 1.54) is 0 Å². The molecule has 0 spiro atoms. The molecule has 0 saturated carbocycles. The van der Waals surface area contributed by atoms with Crippen LogP contribution in [0.5, 0.6) is 0 Å². The first-order chi connectivity index (χ1) is 10.7. The fraction of sp³-hybridized carbons (Fsp3) is 0.500. The monoisotopic (exact) mass is 322 g/mol. The maximum Gasteiger partial charge on any atom is 0.245 e. The van der Waals surface area contributed by atoms with Crippen LogP contribution in [0.3, 0.4) is 0 Å². The van der Waals surface area contributed by atoms with Crippen LogP contribution in [0.4, 0.5) is 0 Å². The minimum absolute atomic E-state index is 0.0348. The number of carbonyl (C=O) groups excluding carboxylic acids is 2. The Balaban J connectivity index is 1.68. The third-order valence-electron chi connectivity index (χ3n) is 3.41. The normalized spacial score (nSPS) is 16.1. The van der Waals surface area contributed by atoms with Crippen LogP contribution in [-0.2, 0) is 14.3 Å². The molecule has 5 nitrogen and oxygen atoms in total. The van der Waals surface area contributed by atoms with Crippen molar-refractivity contribution >= 4 is 23.6 Å². The summed E-state index contributed by atoms with van der Waals surface area (Å²) >= 11 is 1.64. The zero-order valence-electron chi connectivity index (χ0n) is 12.8. The van der Waals surface area contributed by atoms with E-state index in [1.807, 2.05) is 30.3 Å². The summed E-state index contributed by atoms with van der Waals surface area (Å²) in [7, 11) is 0. The predicted molar refractivity (Wildman–Crippen MR) is 86.8 cm³/mol. The molecule has 22 heavy (non-hydrogen) atoms. The molecule has 0 radical (unpaired) electrons. The second-order valence-corrected chi connectivity index (χ2v) is 6.31. The van der Waals surface area contributed by atoms with Gasteiger partial charge in [0.2, 0.25) is 11.8 Å². The van der Waals surface area contributed by atoms with E-state index < -0.39 is 6.04 Å². The topological polar surface area (TPSA) is 58.6 Å². The molecule has 0 bridgehead atoms. The lowest BCUT2D eigenvalue weighted by Gasteiger charge is -2.29. The first kappa shape index (κ1) is 16.8. The van der Waals surface area contributed by atoms with Crippen molar-refractivity contribution in [3.63, 3.8) is 0 Å². The first-order valence-electron chi connectivity index (χ1n) is 7.50. The van der Waals surface area contributed by atoms with E-state index >= 15 is 0 Å². The summed E-state index contributed by atoms with van der Waals surface area (Å²) in [5.41, 5.74) is 0. The van der Waals surface area contributed by atoms with Gasteiger partial charge in [-0.3, -0.25) is 9.59 Å². The Hall–Kier alpha value is -1.53. The molecule has 1 atom stereocenters. The minimum Gasteiger partial charge on any atom is -0.378 e. The molecule has 0 aliphatic carbocycles. The van der Waals surface area contributed by atoms with Gasteiger partial charge >= 0.3 is 0 Å². The van der Waals surface area contributed by atoms with Crippen molar-refractivity contribution in [2.75, 3.05) is 32.1 Å². The fourth-order valence-electron chi connectivity index (χ4n) is 2.21. The molecule has 2 amide bonds. The Morgan fingerprint density at radius 3 is 2.64 bits per heavy atom. The third-order valence-corrected chi connectivity index (χ3v) is 4.43. The maximum absolute atomic E-state index is 12.2. The van der Waals surface area contributed by atoms with Crippen molar-refractivity contribution in [2.24, 2.45) is 0 Å². The number of nitrogens with zero attached hydrogens (tertiary/aromatic N) is 1. The van der Waals surface area contributed by atoms with Crippen LogP contribution in [-0.4, -0.2) is 54.8 Å². The number of nitrogens with one attached hydrogen (secondary N) is 1. The van der Waals surface area contributed by atoms with Crippen LogP contribution in [0.1, 0.15) is 13.3 Å². The van der Waals surface area contributed by atoms with Gasteiger partial charge in [0.05, 0.1) is 13.2 Å².